The van der Waals surface area contributed by atoms with Crippen molar-refractivity contribution >= 4 is 11.4 Å². The fraction of sp³-hybridized carbons (Fsp3) is 0.455. The van der Waals surface area contributed by atoms with E-state index >= 15 is 0 Å². The number of aryl methyl sites for hydroxylation is 3. The van der Waals surface area contributed by atoms with E-state index in [1.54, 1.807) is 0 Å². The van der Waals surface area contributed by atoms with Crippen LogP contribution < -0.4 is 11.5 Å². The van der Waals surface area contributed by atoms with E-state index in [-0.39, 0.29) is 0 Å². The molecule has 4 N–H and O–H groups in total. The zero-order valence-corrected chi connectivity index (χ0v) is 15.9. The molecule has 0 radical (unpaired) electrons. The molecule has 0 aromatic heterocycles. The largest absolute Gasteiger partial charge is 0.398 e. The van der Waals surface area contributed by atoms with Crippen molar-refractivity contribution in [2.45, 2.75) is 66.2 Å². The predicted octanol–water partition coefficient (Wildman–Crippen LogP) is 5.25. The van der Waals surface area contributed by atoms with Crippen molar-refractivity contribution in [3.8, 4) is 0 Å². The number of hydrogen-bond acceptors (Lipinski definition) is 2. The molecule has 2 heteroatoms. The SMILES string of the molecule is CCc1cc(CC)c(N)c(Cc2cc(C(C)C)cc(CC)c2N)c1. The van der Waals surface area contributed by atoms with Crippen LogP contribution in [0.3, 0.4) is 0 Å². The fourth-order valence-corrected chi connectivity index (χ4v) is 3.28. The first-order valence-electron chi connectivity index (χ1n) is 9.22. The number of rotatable bonds is 6. The maximum Gasteiger partial charge on any atom is 0.0382 e. The Bertz CT molecular complexity index is 714. The van der Waals surface area contributed by atoms with Crippen LogP contribution in [0.2, 0.25) is 0 Å². The van der Waals surface area contributed by atoms with Gasteiger partial charge in [-0.25, -0.2) is 0 Å². The standard InChI is InChI=1S/C22H32N2/c1-6-15-9-16(7-2)21(23)19(10-15)13-20-12-18(14(4)5)11-17(8-3)22(20)24/h9-12,14H,6-8,13,23-24H2,1-5H3. The molecule has 0 spiro atoms. The summed E-state index contributed by atoms with van der Waals surface area (Å²) in [6.45, 7) is 11.0. The van der Waals surface area contributed by atoms with Crippen molar-refractivity contribution < 1.29 is 0 Å². The summed E-state index contributed by atoms with van der Waals surface area (Å²) in [7, 11) is 0. The molecule has 2 nitrogen and oxygen atoms in total. The molecule has 0 heterocycles. The Morgan fingerprint density at radius 1 is 0.708 bits per heavy atom. The van der Waals surface area contributed by atoms with Gasteiger partial charge in [-0.05, 0) is 58.6 Å². The van der Waals surface area contributed by atoms with Crippen molar-refractivity contribution in [1.29, 1.82) is 0 Å². The molecule has 0 fully saturated rings. The van der Waals surface area contributed by atoms with E-state index in [1.807, 2.05) is 0 Å². The van der Waals surface area contributed by atoms with Gasteiger partial charge in [-0.2, -0.15) is 0 Å². The lowest BCUT2D eigenvalue weighted by Crippen LogP contribution is -2.06. The average Bonchev–Trinajstić information content (AvgIpc) is 2.57. The molecule has 0 bridgehead atoms. The topological polar surface area (TPSA) is 52.0 Å². The maximum atomic E-state index is 6.46. The maximum absolute atomic E-state index is 6.46. The molecule has 0 unspecified atom stereocenters. The second kappa shape index (κ2) is 7.74. The lowest BCUT2D eigenvalue weighted by Gasteiger charge is -2.18. The van der Waals surface area contributed by atoms with Crippen LogP contribution in [0.5, 0.6) is 0 Å². The number of nitrogens with two attached hydrogens (primary N) is 2. The van der Waals surface area contributed by atoms with Crippen LogP contribution in [0.4, 0.5) is 11.4 Å². The first-order valence-corrected chi connectivity index (χ1v) is 9.22. The van der Waals surface area contributed by atoms with Gasteiger partial charge in [0.05, 0.1) is 0 Å². The molecule has 0 saturated carbocycles. The third kappa shape index (κ3) is 3.75. The van der Waals surface area contributed by atoms with Crippen molar-refractivity contribution in [1.82, 2.24) is 0 Å². The number of hydrogen-bond donors (Lipinski definition) is 2. The normalized spacial score (nSPS) is 11.2. The number of nitrogen functional groups attached to an aromatic ring is 2. The average molecular weight is 325 g/mol. The molecule has 24 heavy (non-hydrogen) atoms. The third-order valence-electron chi connectivity index (χ3n) is 5.00. The minimum atomic E-state index is 0.500. The van der Waals surface area contributed by atoms with Gasteiger partial charge in [-0.15, -0.1) is 0 Å². The summed E-state index contributed by atoms with van der Waals surface area (Å²) in [6, 6.07) is 9.02. The van der Waals surface area contributed by atoms with Crippen LogP contribution in [0.25, 0.3) is 0 Å². The molecule has 0 atom stereocenters. The minimum Gasteiger partial charge on any atom is -0.398 e. The molecule has 0 aliphatic carbocycles. The van der Waals surface area contributed by atoms with Crippen molar-refractivity contribution in [2.75, 3.05) is 11.5 Å². The Balaban J connectivity index is 2.53. The van der Waals surface area contributed by atoms with E-state index in [2.05, 4.69) is 58.9 Å². The first-order chi connectivity index (χ1) is 11.4. The van der Waals surface area contributed by atoms with E-state index in [9.17, 15) is 0 Å². The second-order valence-electron chi connectivity index (χ2n) is 6.97. The summed E-state index contributed by atoms with van der Waals surface area (Å²) in [4.78, 5) is 0. The van der Waals surface area contributed by atoms with Crippen LogP contribution in [-0.4, -0.2) is 0 Å². The van der Waals surface area contributed by atoms with E-state index in [1.165, 1.54) is 33.4 Å². The van der Waals surface area contributed by atoms with E-state index < -0.39 is 0 Å². The van der Waals surface area contributed by atoms with E-state index in [0.717, 1.165) is 37.1 Å². The Morgan fingerprint density at radius 3 is 1.67 bits per heavy atom. The molecule has 0 saturated heterocycles. The highest BCUT2D eigenvalue weighted by atomic mass is 14.6. The van der Waals surface area contributed by atoms with Crippen molar-refractivity contribution in [2.24, 2.45) is 0 Å². The molecular formula is C22H32N2. The number of anilines is 2. The fourth-order valence-electron chi connectivity index (χ4n) is 3.28. The summed E-state index contributed by atoms with van der Waals surface area (Å²) in [5.74, 6) is 0.500. The van der Waals surface area contributed by atoms with Crippen molar-refractivity contribution in [3.63, 3.8) is 0 Å². The molecule has 2 rings (SSSR count). The predicted molar refractivity (Wildman–Crippen MR) is 107 cm³/mol. The zero-order chi connectivity index (χ0) is 17.9. The van der Waals surface area contributed by atoms with Crippen molar-refractivity contribution in [3.05, 3.63) is 57.6 Å². The molecular weight excluding hydrogens is 292 g/mol. The van der Waals surface area contributed by atoms with Gasteiger partial charge in [0, 0.05) is 17.8 Å². The lowest BCUT2D eigenvalue weighted by atomic mass is 9.90. The van der Waals surface area contributed by atoms with Gasteiger partial charge in [-0.3, -0.25) is 0 Å². The Kier molecular flexibility index (Phi) is 5.93. The highest BCUT2D eigenvalue weighted by Gasteiger charge is 2.13. The van der Waals surface area contributed by atoms with Gasteiger partial charge in [0.25, 0.3) is 0 Å². The van der Waals surface area contributed by atoms with Gasteiger partial charge in [0.15, 0.2) is 0 Å². The smallest absolute Gasteiger partial charge is 0.0382 e. The van der Waals surface area contributed by atoms with Crippen LogP contribution in [0.15, 0.2) is 24.3 Å². The van der Waals surface area contributed by atoms with E-state index in [4.69, 9.17) is 11.5 Å². The monoisotopic (exact) mass is 324 g/mol. The molecule has 0 aliphatic heterocycles. The summed E-state index contributed by atoms with van der Waals surface area (Å²) < 4.78 is 0. The lowest BCUT2D eigenvalue weighted by molar-refractivity contribution is 0.859. The van der Waals surface area contributed by atoms with Gasteiger partial charge < -0.3 is 11.5 Å². The summed E-state index contributed by atoms with van der Waals surface area (Å²) >= 11 is 0. The van der Waals surface area contributed by atoms with Gasteiger partial charge >= 0.3 is 0 Å². The summed E-state index contributed by atoms with van der Waals surface area (Å²) in [5.41, 5.74) is 22.4. The minimum absolute atomic E-state index is 0.500. The van der Waals surface area contributed by atoms with Crippen LogP contribution >= 0.6 is 0 Å². The molecule has 2 aromatic carbocycles. The molecule has 130 valence electrons. The van der Waals surface area contributed by atoms with Crippen LogP contribution in [-0.2, 0) is 25.7 Å². The van der Waals surface area contributed by atoms with Gasteiger partial charge in [-0.1, -0.05) is 58.9 Å². The number of benzene rings is 2. The first kappa shape index (κ1) is 18.4. The molecule has 2 aromatic rings. The molecule has 0 amide bonds. The quantitative estimate of drug-likeness (QED) is 0.713. The summed E-state index contributed by atoms with van der Waals surface area (Å²) in [6.07, 6.45) is 3.77. The zero-order valence-electron chi connectivity index (χ0n) is 15.9. The second-order valence-corrected chi connectivity index (χ2v) is 6.97. The Morgan fingerprint density at radius 2 is 1.17 bits per heavy atom. The molecule has 0 aliphatic rings. The highest BCUT2D eigenvalue weighted by Crippen LogP contribution is 2.30. The van der Waals surface area contributed by atoms with Gasteiger partial charge in [0.2, 0.25) is 0 Å². The van der Waals surface area contributed by atoms with E-state index in [0.29, 0.717) is 5.92 Å². The summed E-state index contributed by atoms with van der Waals surface area (Å²) in [5, 5.41) is 0. The Hall–Kier alpha value is -1.96. The highest BCUT2D eigenvalue weighted by molar-refractivity contribution is 5.62. The Labute approximate surface area is 147 Å². The van der Waals surface area contributed by atoms with Crippen LogP contribution in [0.1, 0.15) is 73.9 Å². The third-order valence-corrected chi connectivity index (χ3v) is 5.00. The van der Waals surface area contributed by atoms with Gasteiger partial charge in [0.1, 0.15) is 0 Å². The van der Waals surface area contributed by atoms with Crippen LogP contribution in [0, 0.1) is 0 Å².